The molecule has 0 aliphatic rings. The highest BCUT2D eigenvalue weighted by Gasteiger charge is 1.98. The highest BCUT2D eigenvalue weighted by Crippen LogP contribution is 2.02. The zero-order valence-corrected chi connectivity index (χ0v) is 5.71. The van der Waals surface area contributed by atoms with Crippen molar-refractivity contribution in [3.63, 3.8) is 0 Å². The first kappa shape index (κ1) is 7.63. The van der Waals surface area contributed by atoms with Crippen molar-refractivity contribution in [1.82, 2.24) is 4.98 Å². The minimum Gasteiger partial charge on any atom is -0.326 e. The fourth-order valence-electron chi connectivity index (χ4n) is 0.725. The minimum atomic E-state index is -0.662. The SMILES string of the molecule is N#Cc1cc(CN)cc(F)n1. The molecule has 0 bridgehead atoms. The quantitative estimate of drug-likeness (QED) is 0.596. The first-order valence-electron chi connectivity index (χ1n) is 3.03. The summed E-state index contributed by atoms with van der Waals surface area (Å²) in [5.74, 6) is -0.662. The number of nitriles is 1. The Bertz CT molecular complexity index is 303. The van der Waals surface area contributed by atoms with Crippen LogP contribution in [0.5, 0.6) is 0 Å². The van der Waals surface area contributed by atoms with Gasteiger partial charge in [0.1, 0.15) is 11.8 Å². The van der Waals surface area contributed by atoms with Gasteiger partial charge in [0.2, 0.25) is 5.95 Å². The molecule has 3 nitrogen and oxygen atoms in total. The normalized spacial score (nSPS) is 9.18. The molecule has 0 saturated heterocycles. The minimum absolute atomic E-state index is 0.0606. The number of halogens is 1. The molecular formula is C7H6FN3. The molecule has 0 aliphatic carbocycles. The van der Waals surface area contributed by atoms with E-state index in [0.29, 0.717) is 5.56 Å². The second-order valence-corrected chi connectivity index (χ2v) is 2.00. The lowest BCUT2D eigenvalue weighted by molar-refractivity contribution is 0.579. The highest BCUT2D eigenvalue weighted by molar-refractivity contribution is 5.25. The summed E-state index contributed by atoms with van der Waals surface area (Å²) in [6.07, 6.45) is 0. The highest BCUT2D eigenvalue weighted by atomic mass is 19.1. The molecule has 4 heteroatoms. The number of hydrogen-bond acceptors (Lipinski definition) is 3. The molecule has 11 heavy (non-hydrogen) atoms. The summed E-state index contributed by atoms with van der Waals surface area (Å²) >= 11 is 0. The molecule has 0 saturated carbocycles. The monoisotopic (exact) mass is 151 g/mol. The number of nitrogens with zero attached hydrogens (tertiary/aromatic N) is 2. The van der Waals surface area contributed by atoms with Gasteiger partial charge in [-0.05, 0) is 17.7 Å². The molecule has 1 heterocycles. The topological polar surface area (TPSA) is 62.7 Å². The Labute approximate surface area is 63.3 Å². The zero-order chi connectivity index (χ0) is 8.27. The predicted molar refractivity (Wildman–Crippen MR) is 36.8 cm³/mol. The zero-order valence-electron chi connectivity index (χ0n) is 5.71. The molecule has 0 amide bonds. The molecule has 1 aromatic heterocycles. The van der Waals surface area contributed by atoms with Crippen LogP contribution < -0.4 is 5.73 Å². The molecule has 1 aromatic rings. The number of hydrogen-bond donors (Lipinski definition) is 1. The molecule has 0 atom stereocenters. The maximum atomic E-state index is 12.5. The van der Waals surface area contributed by atoms with Gasteiger partial charge in [0.05, 0.1) is 0 Å². The van der Waals surface area contributed by atoms with E-state index in [2.05, 4.69) is 4.98 Å². The largest absolute Gasteiger partial charge is 0.326 e. The number of aromatic nitrogens is 1. The fourth-order valence-corrected chi connectivity index (χ4v) is 0.725. The average Bonchev–Trinajstić information content (AvgIpc) is 2.03. The molecule has 0 aromatic carbocycles. The first-order chi connectivity index (χ1) is 5.26. The van der Waals surface area contributed by atoms with Crippen LogP contribution in [0.3, 0.4) is 0 Å². The second-order valence-electron chi connectivity index (χ2n) is 2.00. The van der Waals surface area contributed by atoms with E-state index in [0.717, 1.165) is 0 Å². The summed E-state index contributed by atoms with van der Waals surface area (Å²) in [5, 5.41) is 8.36. The van der Waals surface area contributed by atoms with Crippen molar-refractivity contribution in [2.45, 2.75) is 6.54 Å². The fraction of sp³-hybridized carbons (Fsp3) is 0.143. The van der Waals surface area contributed by atoms with Crippen molar-refractivity contribution in [3.8, 4) is 6.07 Å². The van der Waals surface area contributed by atoms with Crippen molar-refractivity contribution in [3.05, 3.63) is 29.3 Å². The summed E-state index contributed by atoms with van der Waals surface area (Å²) in [6, 6.07) is 4.41. The van der Waals surface area contributed by atoms with Gasteiger partial charge >= 0.3 is 0 Å². The van der Waals surface area contributed by atoms with Gasteiger partial charge in [-0.25, -0.2) is 4.98 Å². The third-order valence-corrected chi connectivity index (χ3v) is 1.20. The van der Waals surface area contributed by atoms with Crippen molar-refractivity contribution >= 4 is 0 Å². The van der Waals surface area contributed by atoms with E-state index in [1.54, 1.807) is 6.07 Å². The van der Waals surface area contributed by atoms with Crippen molar-refractivity contribution in [1.29, 1.82) is 5.26 Å². The van der Waals surface area contributed by atoms with Crippen LogP contribution in [-0.2, 0) is 6.54 Å². The van der Waals surface area contributed by atoms with Crippen LogP contribution in [-0.4, -0.2) is 4.98 Å². The molecule has 0 spiro atoms. The average molecular weight is 151 g/mol. The lowest BCUT2D eigenvalue weighted by Crippen LogP contribution is -1.99. The van der Waals surface area contributed by atoms with Crippen LogP contribution in [0.1, 0.15) is 11.3 Å². The van der Waals surface area contributed by atoms with Crippen LogP contribution in [0.25, 0.3) is 0 Å². The van der Waals surface area contributed by atoms with E-state index >= 15 is 0 Å². The van der Waals surface area contributed by atoms with Crippen LogP contribution in [0.2, 0.25) is 0 Å². The molecule has 0 aliphatic heterocycles. The maximum absolute atomic E-state index is 12.5. The Kier molecular flexibility index (Phi) is 2.14. The third-order valence-electron chi connectivity index (χ3n) is 1.20. The van der Waals surface area contributed by atoms with Crippen molar-refractivity contribution in [2.24, 2.45) is 5.73 Å². The van der Waals surface area contributed by atoms with Gasteiger partial charge in [-0.1, -0.05) is 0 Å². The van der Waals surface area contributed by atoms with Gasteiger partial charge in [-0.15, -0.1) is 0 Å². The lowest BCUT2D eigenvalue weighted by atomic mass is 10.2. The Morgan fingerprint density at radius 2 is 2.36 bits per heavy atom. The second kappa shape index (κ2) is 3.08. The van der Waals surface area contributed by atoms with E-state index < -0.39 is 5.95 Å². The maximum Gasteiger partial charge on any atom is 0.214 e. The van der Waals surface area contributed by atoms with Crippen molar-refractivity contribution in [2.75, 3.05) is 0 Å². The summed E-state index contributed by atoms with van der Waals surface area (Å²) in [6.45, 7) is 0.216. The molecule has 56 valence electrons. The van der Waals surface area contributed by atoms with Gasteiger partial charge in [-0.2, -0.15) is 9.65 Å². The summed E-state index contributed by atoms with van der Waals surface area (Å²) < 4.78 is 12.5. The smallest absolute Gasteiger partial charge is 0.214 e. The molecule has 2 N–H and O–H groups in total. The Morgan fingerprint density at radius 1 is 1.64 bits per heavy atom. The van der Waals surface area contributed by atoms with Gasteiger partial charge in [-0.3, -0.25) is 0 Å². The van der Waals surface area contributed by atoms with Crippen molar-refractivity contribution < 1.29 is 4.39 Å². The van der Waals surface area contributed by atoms with Crippen LogP contribution in [0, 0.1) is 17.3 Å². The number of nitrogens with two attached hydrogens (primary N) is 1. The Hall–Kier alpha value is -1.47. The van der Waals surface area contributed by atoms with E-state index in [-0.39, 0.29) is 12.2 Å². The van der Waals surface area contributed by atoms with Crippen LogP contribution >= 0.6 is 0 Å². The Balaban J connectivity index is 3.15. The van der Waals surface area contributed by atoms with Gasteiger partial charge in [0.25, 0.3) is 0 Å². The van der Waals surface area contributed by atoms with Gasteiger partial charge < -0.3 is 5.73 Å². The van der Waals surface area contributed by atoms with E-state index in [9.17, 15) is 4.39 Å². The van der Waals surface area contributed by atoms with Crippen LogP contribution in [0.15, 0.2) is 12.1 Å². The molecule has 0 fully saturated rings. The van der Waals surface area contributed by atoms with E-state index in [1.165, 1.54) is 12.1 Å². The standard InChI is InChI=1S/C7H6FN3/c8-7-2-5(3-9)1-6(4-10)11-7/h1-2H,3,9H2. The first-order valence-corrected chi connectivity index (χ1v) is 3.03. The molecule has 0 radical (unpaired) electrons. The summed E-state index contributed by atoms with van der Waals surface area (Å²) in [4.78, 5) is 3.32. The summed E-state index contributed by atoms with van der Waals surface area (Å²) in [5.41, 5.74) is 5.88. The summed E-state index contributed by atoms with van der Waals surface area (Å²) in [7, 11) is 0. The van der Waals surface area contributed by atoms with E-state index in [1.807, 2.05) is 0 Å². The molecular weight excluding hydrogens is 145 g/mol. The van der Waals surface area contributed by atoms with Gasteiger partial charge in [0.15, 0.2) is 0 Å². The number of rotatable bonds is 1. The van der Waals surface area contributed by atoms with Crippen LogP contribution in [0.4, 0.5) is 4.39 Å². The third kappa shape index (κ3) is 1.72. The predicted octanol–water partition coefficient (Wildman–Crippen LogP) is 0.551. The molecule has 0 unspecified atom stereocenters. The van der Waals surface area contributed by atoms with E-state index in [4.69, 9.17) is 11.0 Å². The number of pyridine rings is 1. The molecule has 1 rings (SSSR count). The van der Waals surface area contributed by atoms with Gasteiger partial charge in [0, 0.05) is 6.54 Å². The Morgan fingerprint density at radius 3 is 2.91 bits per heavy atom. The lowest BCUT2D eigenvalue weighted by Gasteiger charge is -1.95.